The van der Waals surface area contributed by atoms with Crippen molar-refractivity contribution in [1.29, 1.82) is 0 Å². The van der Waals surface area contributed by atoms with Gasteiger partial charge in [-0.3, -0.25) is 4.90 Å². The third-order valence-electron chi connectivity index (χ3n) is 2.62. The fourth-order valence-electron chi connectivity index (χ4n) is 1.94. The molecule has 2 N–H and O–H groups in total. The number of carbonyl (C=O) groups is 1. The molecular weight excluding hydrogens is 210 g/mol. The van der Waals surface area contributed by atoms with Gasteiger partial charge in [0.2, 0.25) is 0 Å². The fraction of sp³-hybridized carbons (Fsp3) is 0.600. The van der Waals surface area contributed by atoms with Gasteiger partial charge in [0, 0.05) is 6.54 Å². The summed E-state index contributed by atoms with van der Waals surface area (Å²) in [5.41, 5.74) is 5.41. The van der Waals surface area contributed by atoms with Crippen LogP contribution in [0.25, 0.3) is 0 Å². The zero-order valence-electron chi connectivity index (χ0n) is 9.18. The van der Waals surface area contributed by atoms with Crippen LogP contribution in [0.1, 0.15) is 31.6 Å². The molecule has 0 aliphatic carbocycles. The van der Waals surface area contributed by atoms with E-state index in [0.29, 0.717) is 18.9 Å². The van der Waals surface area contributed by atoms with E-state index in [9.17, 15) is 4.79 Å². The lowest BCUT2D eigenvalue weighted by Crippen LogP contribution is -2.30. The van der Waals surface area contributed by atoms with Gasteiger partial charge < -0.3 is 14.9 Å². The van der Waals surface area contributed by atoms with Crippen molar-refractivity contribution < 1.29 is 13.9 Å². The van der Waals surface area contributed by atoms with E-state index in [1.165, 1.54) is 0 Å². The number of oxazole rings is 1. The molecular formula is C10H15N3O3. The first-order valence-electron chi connectivity index (χ1n) is 5.37. The third-order valence-corrected chi connectivity index (χ3v) is 2.62. The van der Waals surface area contributed by atoms with Gasteiger partial charge in [-0.25, -0.2) is 9.78 Å². The highest BCUT2D eigenvalue weighted by Crippen LogP contribution is 2.32. The largest absolute Gasteiger partial charge is 0.450 e. The van der Waals surface area contributed by atoms with Crippen LogP contribution in [0.4, 0.5) is 10.8 Å². The zero-order valence-corrected chi connectivity index (χ0v) is 9.18. The molecule has 6 nitrogen and oxygen atoms in total. The molecule has 1 amide bonds. The number of anilines is 1. The van der Waals surface area contributed by atoms with E-state index >= 15 is 0 Å². The minimum Gasteiger partial charge on any atom is -0.450 e. The first-order valence-corrected chi connectivity index (χ1v) is 5.37. The molecule has 0 saturated carbocycles. The van der Waals surface area contributed by atoms with Gasteiger partial charge in [-0.2, -0.15) is 0 Å². The number of carbonyl (C=O) groups excluding carboxylic acids is 1. The Balaban J connectivity index is 2.11. The summed E-state index contributed by atoms with van der Waals surface area (Å²) in [6.45, 7) is 2.85. The number of rotatable bonds is 2. The van der Waals surface area contributed by atoms with Crippen LogP contribution in [-0.2, 0) is 4.74 Å². The molecule has 1 unspecified atom stereocenters. The summed E-state index contributed by atoms with van der Waals surface area (Å²) in [6.07, 6.45) is 3.05. The molecule has 0 spiro atoms. The lowest BCUT2D eigenvalue weighted by Gasteiger charge is -2.21. The molecule has 2 heterocycles. The molecule has 16 heavy (non-hydrogen) atoms. The van der Waals surface area contributed by atoms with Crippen molar-refractivity contribution in [3.05, 3.63) is 12.0 Å². The van der Waals surface area contributed by atoms with Crippen molar-refractivity contribution in [3.63, 3.8) is 0 Å². The molecule has 6 heteroatoms. The number of aromatic nitrogens is 1. The second-order valence-corrected chi connectivity index (χ2v) is 3.65. The first-order chi connectivity index (χ1) is 7.72. The lowest BCUT2D eigenvalue weighted by atomic mass is 10.2. The lowest BCUT2D eigenvalue weighted by molar-refractivity contribution is 0.0992. The summed E-state index contributed by atoms with van der Waals surface area (Å²) in [5, 5.41) is 0. The maximum Gasteiger partial charge on any atom is 0.410 e. The minimum absolute atomic E-state index is 0.0937. The predicted octanol–water partition coefficient (Wildman–Crippen LogP) is 1.55. The van der Waals surface area contributed by atoms with Crippen LogP contribution in [-0.4, -0.2) is 29.1 Å². The zero-order chi connectivity index (χ0) is 11.5. The maximum atomic E-state index is 11.6. The van der Waals surface area contributed by atoms with Gasteiger partial charge in [-0.1, -0.05) is 0 Å². The van der Waals surface area contributed by atoms with Crippen molar-refractivity contribution in [2.75, 3.05) is 18.9 Å². The highest BCUT2D eigenvalue weighted by molar-refractivity contribution is 5.68. The van der Waals surface area contributed by atoms with Crippen LogP contribution >= 0.6 is 0 Å². The Morgan fingerprint density at radius 2 is 2.62 bits per heavy atom. The van der Waals surface area contributed by atoms with Crippen LogP contribution in [0.5, 0.6) is 0 Å². The van der Waals surface area contributed by atoms with Crippen molar-refractivity contribution in [1.82, 2.24) is 9.88 Å². The van der Waals surface area contributed by atoms with Gasteiger partial charge in [0.25, 0.3) is 6.01 Å². The van der Waals surface area contributed by atoms with Crippen molar-refractivity contribution in [2.45, 2.75) is 25.8 Å². The molecule has 0 bridgehead atoms. The van der Waals surface area contributed by atoms with E-state index < -0.39 is 0 Å². The topological polar surface area (TPSA) is 81.6 Å². The molecule has 1 aliphatic heterocycles. The van der Waals surface area contributed by atoms with Gasteiger partial charge in [0.15, 0.2) is 0 Å². The predicted molar refractivity (Wildman–Crippen MR) is 56.6 cm³/mol. The Morgan fingerprint density at radius 1 is 1.81 bits per heavy atom. The molecule has 0 radical (unpaired) electrons. The Labute approximate surface area is 93.4 Å². The van der Waals surface area contributed by atoms with Crippen molar-refractivity contribution >= 4 is 12.1 Å². The molecule has 1 aromatic rings. The number of hydrogen-bond donors (Lipinski definition) is 1. The van der Waals surface area contributed by atoms with Crippen LogP contribution in [0, 0.1) is 0 Å². The average Bonchev–Trinajstić information content (AvgIpc) is 2.85. The summed E-state index contributed by atoms with van der Waals surface area (Å²) in [7, 11) is 0. The summed E-state index contributed by atoms with van der Waals surface area (Å²) in [5.74, 6) is 0.628. The molecule has 1 aliphatic rings. The maximum absolute atomic E-state index is 11.6. The fourth-order valence-corrected chi connectivity index (χ4v) is 1.94. The molecule has 1 saturated heterocycles. The Bertz CT molecular complexity index is 377. The Hall–Kier alpha value is -1.72. The summed E-state index contributed by atoms with van der Waals surface area (Å²) in [6, 6.07) is 0.0366. The molecule has 2 rings (SSSR count). The van der Waals surface area contributed by atoms with Crippen molar-refractivity contribution in [2.24, 2.45) is 0 Å². The highest BCUT2D eigenvalue weighted by Gasteiger charge is 2.33. The number of nitrogen functional groups attached to an aromatic ring is 1. The van der Waals surface area contributed by atoms with E-state index in [1.54, 1.807) is 18.0 Å². The number of amides is 1. The summed E-state index contributed by atoms with van der Waals surface area (Å²) < 4.78 is 10.2. The molecule has 1 aromatic heterocycles. The van der Waals surface area contributed by atoms with Crippen LogP contribution in [0.2, 0.25) is 0 Å². The van der Waals surface area contributed by atoms with Gasteiger partial charge >= 0.3 is 6.09 Å². The third kappa shape index (κ3) is 1.95. The van der Waals surface area contributed by atoms with E-state index in [4.69, 9.17) is 14.9 Å². The number of nitrogens with two attached hydrogens (primary N) is 1. The molecule has 1 fully saturated rings. The summed E-state index contributed by atoms with van der Waals surface area (Å²) >= 11 is 0. The first kappa shape index (κ1) is 10.8. The van der Waals surface area contributed by atoms with Crippen LogP contribution in [0.15, 0.2) is 10.6 Å². The van der Waals surface area contributed by atoms with Gasteiger partial charge in [0.05, 0.1) is 18.8 Å². The number of hydrogen-bond acceptors (Lipinski definition) is 5. The number of likely N-dealkylation sites (tertiary alicyclic amines) is 1. The normalized spacial score (nSPS) is 20.1. The standard InChI is InChI=1S/C10H15N3O3/c1-2-15-10(14)13-5-3-4-7(13)8-6-12-9(11)16-8/h6-7H,2-5H2,1H3,(H2,11,12). The second-order valence-electron chi connectivity index (χ2n) is 3.65. The Morgan fingerprint density at radius 3 is 3.25 bits per heavy atom. The monoisotopic (exact) mass is 225 g/mol. The molecule has 1 atom stereocenters. The Kier molecular flexibility index (Phi) is 2.98. The number of ether oxygens (including phenoxy) is 1. The van der Waals surface area contributed by atoms with Gasteiger partial charge in [0.1, 0.15) is 5.76 Å². The van der Waals surface area contributed by atoms with Crippen molar-refractivity contribution in [3.8, 4) is 0 Å². The number of nitrogens with zero attached hydrogens (tertiary/aromatic N) is 2. The van der Waals surface area contributed by atoms with E-state index in [1.807, 2.05) is 0 Å². The van der Waals surface area contributed by atoms with E-state index in [2.05, 4.69) is 4.98 Å². The molecule has 88 valence electrons. The second kappa shape index (κ2) is 4.42. The smallest absolute Gasteiger partial charge is 0.410 e. The van der Waals surface area contributed by atoms with Gasteiger partial charge in [-0.05, 0) is 19.8 Å². The van der Waals surface area contributed by atoms with Crippen LogP contribution < -0.4 is 5.73 Å². The average molecular weight is 225 g/mol. The molecule has 0 aromatic carbocycles. The van der Waals surface area contributed by atoms with Crippen LogP contribution in [0.3, 0.4) is 0 Å². The van der Waals surface area contributed by atoms with E-state index in [-0.39, 0.29) is 18.1 Å². The van der Waals surface area contributed by atoms with Gasteiger partial charge in [-0.15, -0.1) is 0 Å². The minimum atomic E-state index is -0.306. The highest BCUT2D eigenvalue weighted by atomic mass is 16.6. The quantitative estimate of drug-likeness (QED) is 0.825. The SMILES string of the molecule is CCOC(=O)N1CCCC1c1cnc(N)o1. The summed E-state index contributed by atoms with van der Waals surface area (Å²) in [4.78, 5) is 17.1. The van der Waals surface area contributed by atoms with E-state index in [0.717, 1.165) is 12.8 Å².